The largest absolute Gasteiger partial charge is 0.502 e. The monoisotopic (exact) mass is 309 g/mol. The number of thiophene rings is 1. The molecule has 2 aromatic heterocycles. The van der Waals surface area contributed by atoms with Gasteiger partial charge in [-0.05, 0) is 24.3 Å². The van der Waals surface area contributed by atoms with Gasteiger partial charge in [-0.1, -0.05) is 0 Å². The highest BCUT2D eigenvalue weighted by molar-refractivity contribution is 7.17. The van der Waals surface area contributed by atoms with E-state index in [9.17, 15) is 19.8 Å². The van der Waals surface area contributed by atoms with Crippen LogP contribution in [0, 0.1) is 5.92 Å². The number of hydrogen-bond acceptors (Lipinski definition) is 5. The number of hydrogen-bond donors (Lipinski definition) is 2. The summed E-state index contributed by atoms with van der Waals surface area (Å²) in [5.41, 5.74) is -0.393. The summed E-state index contributed by atoms with van der Waals surface area (Å²) in [5.74, 6) is -1.77. The fourth-order valence-corrected chi connectivity index (χ4v) is 3.68. The van der Waals surface area contributed by atoms with Crippen molar-refractivity contribution in [1.29, 1.82) is 0 Å². The zero-order chi connectivity index (χ0) is 15.0. The molecule has 0 spiro atoms. The maximum Gasteiger partial charge on any atom is 0.341 e. The van der Waals surface area contributed by atoms with Gasteiger partial charge in [0.2, 0.25) is 0 Å². The molecular weight excluding hydrogens is 294 g/mol. The Morgan fingerprint density at radius 2 is 2.33 bits per heavy atom. The summed E-state index contributed by atoms with van der Waals surface area (Å²) >= 11 is 1.21. The molecule has 7 heteroatoms. The topological polar surface area (TPSA) is 88.8 Å². The number of fused-ring (bicyclic) bond motifs is 1. The summed E-state index contributed by atoms with van der Waals surface area (Å²) in [7, 11) is 0. The zero-order valence-electron chi connectivity index (χ0n) is 11.2. The minimum atomic E-state index is -1.29. The van der Waals surface area contributed by atoms with Gasteiger partial charge in [0.05, 0.1) is 16.8 Å². The minimum absolute atomic E-state index is 0.203. The van der Waals surface area contributed by atoms with Crippen molar-refractivity contribution in [3.05, 3.63) is 27.4 Å². The Labute approximate surface area is 124 Å². The number of pyridine rings is 1. The second-order valence-corrected chi connectivity index (χ2v) is 6.08. The molecule has 0 aliphatic carbocycles. The van der Waals surface area contributed by atoms with Crippen molar-refractivity contribution in [1.82, 2.24) is 4.57 Å². The fourth-order valence-electron chi connectivity index (χ4n) is 2.74. The van der Waals surface area contributed by atoms with Gasteiger partial charge in [0, 0.05) is 19.1 Å². The molecule has 1 atom stereocenters. The van der Waals surface area contributed by atoms with Gasteiger partial charge < -0.3 is 19.5 Å². The van der Waals surface area contributed by atoms with Crippen LogP contribution in [0.25, 0.3) is 10.2 Å². The summed E-state index contributed by atoms with van der Waals surface area (Å²) in [6.07, 6.45) is 1.91. The van der Waals surface area contributed by atoms with E-state index >= 15 is 0 Å². The number of aromatic carboxylic acids is 1. The zero-order valence-corrected chi connectivity index (χ0v) is 12.1. The number of ether oxygens (including phenoxy) is 1. The van der Waals surface area contributed by atoms with Crippen molar-refractivity contribution >= 4 is 27.5 Å². The lowest BCUT2D eigenvalue weighted by molar-refractivity contribution is 0.0483. The number of aromatic hydroxyl groups is 1. The third-order valence-electron chi connectivity index (χ3n) is 3.76. The van der Waals surface area contributed by atoms with E-state index in [0.717, 1.165) is 19.4 Å². The molecule has 0 amide bonds. The van der Waals surface area contributed by atoms with Crippen LogP contribution in [0.15, 0.2) is 16.2 Å². The quantitative estimate of drug-likeness (QED) is 0.904. The number of nitrogens with zero attached hydrogens (tertiary/aromatic N) is 1. The molecule has 1 aliphatic heterocycles. The maximum atomic E-state index is 12.3. The summed E-state index contributed by atoms with van der Waals surface area (Å²) in [6, 6.07) is 1.72. The van der Waals surface area contributed by atoms with Crippen LogP contribution in [0.1, 0.15) is 23.2 Å². The Hall–Kier alpha value is -1.86. The molecule has 2 aromatic rings. The second kappa shape index (κ2) is 5.50. The fraction of sp³-hybridized carbons (Fsp3) is 0.429. The number of carboxylic acid groups (broad SMARTS) is 1. The van der Waals surface area contributed by atoms with Gasteiger partial charge in [-0.15, -0.1) is 11.3 Å². The van der Waals surface area contributed by atoms with Crippen LogP contribution < -0.4 is 5.56 Å². The molecule has 0 radical (unpaired) electrons. The van der Waals surface area contributed by atoms with Crippen LogP contribution in [-0.2, 0) is 11.3 Å². The summed E-state index contributed by atoms with van der Waals surface area (Å²) in [6.45, 7) is 1.75. The van der Waals surface area contributed by atoms with E-state index in [2.05, 4.69) is 0 Å². The number of carbonyl (C=O) groups is 1. The van der Waals surface area contributed by atoms with Crippen LogP contribution in [-0.4, -0.2) is 34.0 Å². The molecule has 3 heterocycles. The molecule has 112 valence electrons. The molecule has 21 heavy (non-hydrogen) atoms. The van der Waals surface area contributed by atoms with Gasteiger partial charge in [-0.2, -0.15) is 0 Å². The van der Waals surface area contributed by atoms with E-state index in [1.54, 1.807) is 11.4 Å². The number of rotatable bonds is 3. The van der Waals surface area contributed by atoms with E-state index in [1.807, 2.05) is 0 Å². The lowest BCUT2D eigenvalue weighted by Gasteiger charge is -2.23. The van der Waals surface area contributed by atoms with Gasteiger partial charge in [-0.3, -0.25) is 4.79 Å². The summed E-state index contributed by atoms with van der Waals surface area (Å²) in [4.78, 5) is 23.6. The van der Waals surface area contributed by atoms with Crippen molar-refractivity contribution in [2.45, 2.75) is 19.4 Å². The standard InChI is InChI=1S/C14H15NO5S/c16-11-10(14(18)19)12-9(3-5-21-12)15(13(11)17)6-8-2-1-4-20-7-8/h3,5,8,16H,1-2,4,6-7H2,(H,18,19). The molecule has 3 rings (SSSR count). The van der Waals surface area contributed by atoms with Crippen LogP contribution in [0.4, 0.5) is 0 Å². The molecule has 1 aliphatic rings. The van der Waals surface area contributed by atoms with Gasteiger partial charge >= 0.3 is 5.97 Å². The van der Waals surface area contributed by atoms with E-state index < -0.39 is 17.3 Å². The SMILES string of the molecule is O=C(O)c1c(O)c(=O)n(CC2CCCOC2)c2ccsc12. The summed E-state index contributed by atoms with van der Waals surface area (Å²) < 4.78 is 7.30. The Kier molecular flexibility index (Phi) is 3.69. The van der Waals surface area contributed by atoms with E-state index in [-0.39, 0.29) is 11.5 Å². The smallest absolute Gasteiger partial charge is 0.341 e. The van der Waals surface area contributed by atoms with Crippen LogP contribution >= 0.6 is 11.3 Å². The lowest BCUT2D eigenvalue weighted by Crippen LogP contribution is -2.29. The first kappa shape index (κ1) is 14.1. The van der Waals surface area contributed by atoms with Gasteiger partial charge in [0.1, 0.15) is 5.56 Å². The van der Waals surface area contributed by atoms with Crippen molar-refractivity contribution in [3.63, 3.8) is 0 Å². The third-order valence-corrected chi connectivity index (χ3v) is 4.68. The van der Waals surface area contributed by atoms with Gasteiger partial charge in [0.25, 0.3) is 5.56 Å². The Bertz CT molecular complexity index is 742. The lowest BCUT2D eigenvalue weighted by atomic mass is 10.0. The van der Waals surface area contributed by atoms with Gasteiger partial charge in [0.15, 0.2) is 5.75 Å². The van der Waals surface area contributed by atoms with Crippen LogP contribution in [0.3, 0.4) is 0 Å². The van der Waals surface area contributed by atoms with E-state index in [4.69, 9.17) is 4.74 Å². The molecule has 1 unspecified atom stereocenters. The first-order valence-corrected chi connectivity index (χ1v) is 7.61. The number of aromatic nitrogens is 1. The van der Waals surface area contributed by atoms with Crippen molar-refractivity contribution in [3.8, 4) is 5.75 Å². The second-order valence-electron chi connectivity index (χ2n) is 5.16. The first-order valence-electron chi connectivity index (χ1n) is 6.73. The highest BCUT2D eigenvalue weighted by Crippen LogP contribution is 2.29. The van der Waals surface area contributed by atoms with E-state index in [0.29, 0.717) is 23.4 Å². The van der Waals surface area contributed by atoms with Crippen molar-refractivity contribution in [2.75, 3.05) is 13.2 Å². The van der Waals surface area contributed by atoms with Crippen molar-refractivity contribution in [2.24, 2.45) is 5.92 Å². The average molecular weight is 309 g/mol. The molecule has 2 N–H and O–H groups in total. The minimum Gasteiger partial charge on any atom is -0.502 e. The molecule has 0 bridgehead atoms. The van der Waals surface area contributed by atoms with Crippen LogP contribution in [0.5, 0.6) is 5.75 Å². The molecule has 0 aromatic carbocycles. The highest BCUT2D eigenvalue weighted by atomic mass is 32.1. The average Bonchev–Trinajstić information content (AvgIpc) is 2.93. The Morgan fingerprint density at radius 1 is 1.52 bits per heavy atom. The Morgan fingerprint density at radius 3 is 3.00 bits per heavy atom. The normalized spacial score (nSPS) is 19.0. The van der Waals surface area contributed by atoms with Crippen LogP contribution in [0.2, 0.25) is 0 Å². The molecule has 0 saturated carbocycles. The third kappa shape index (κ3) is 2.43. The van der Waals surface area contributed by atoms with Gasteiger partial charge in [-0.25, -0.2) is 4.79 Å². The molecule has 1 fully saturated rings. The predicted octanol–water partition coefficient (Wildman–Crippen LogP) is 1.89. The molecular formula is C14H15NO5S. The highest BCUT2D eigenvalue weighted by Gasteiger charge is 2.24. The summed E-state index contributed by atoms with van der Waals surface area (Å²) in [5, 5.41) is 20.9. The maximum absolute atomic E-state index is 12.3. The van der Waals surface area contributed by atoms with E-state index in [1.165, 1.54) is 15.9 Å². The first-order chi connectivity index (χ1) is 10.1. The van der Waals surface area contributed by atoms with Crippen molar-refractivity contribution < 1.29 is 19.7 Å². The molecule has 6 nitrogen and oxygen atoms in total. The Balaban J connectivity index is 2.12. The number of carboxylic acids is 1. The predicted molar refractivity (Wildman–Crippen MR) is 78.3 cm³/mol. The molecule has 1 saturated heterocycles.